The summed E-state index contributed by atoms with van der Waals surface area (Å²) in [5, 5.41) is 36.7. The summed E-state index contributed by atoms with van der Waals surface area (Å²) in [5.41, 5.74) is 8.68. The highest BCUT2D eigenvalue weighted by molar-refractivity contribution is 7.98. The molecule has 3 heterocycles. The number of anilines is 1. The lowest BCUT2D eigenvalue weighted by molar-refractivity contribution is -0.140. The Bertz CT molecular complexity index is 1500. The third kappa shape index (κ3) is 4.98. The number of thioether (sulfide) groups is 1. The molecule has 4 rings (SSSR count). The minimum atomic E-state index is -1.06. The van der Waals surface area contributed by atoms with E-state index in [1.807, 2.05) is 23.6 Å². The molecule has 12 heteroatoms. The van der Waals surface area contributed by atoms with Crippen molar-refractivity contribution in [3.63, 3.8) is 0 Å². The number of aliphatic carboxylic acids is 1. The summed E-state index contributed by atoms with van der Waals surface area (Å²) in [7, 11) is 0. The Morgan fingerprint density at radius 2 is 1.94 bits per heavy atom. The number of thiazole rings is 1. The molecule has 4 aromatic rings. The molecule has 0 aliphatic carbocycles. The number of hydrogen-bond donors (Lipinski definition) is 2. The van der Waals surface area contributed by atoms with Crippen LogP contribution in [0.4, 0.5) is 5.82 Å². The molecule has 1 aromatic carbocycles. The SMILES string of the molecule is CC(C(=O)O)n1cc(-c2c(C#N)c(N)nc(SCc3csc(-c4ccc(Cl)cc4)n3)c2C#N)cn1. The highest BCUT2D eigenvalue weighted by Crippen LogP contribution is 2.37. The number of nitrogen functional groups attached to an aromatic ring is 1. The number of nitriles is 2. The van der Waals surface area contributed by atoms with Crippen LogP contribution in [0.25, 0.3) is 21.7 Å². The molecule has 174 valence electrons. The highest BCUT2D eigenvalue weighted by Gasteiger charge is 2.23. The first-order valence-electron chi connectivity index (χ1n) is 10.1. The molecule has 0 fully saturated rings. The van der Waals surface area contributed by atoms with Gasteiger partial charge in [-0.3, -0.25) is 4.68 Å². The fourth-order valence-corrected chi connectivity index (χ4v) is 5.17. The summed E-state index contributed by atoms with van der Waals surface area (Å²) < 4.78 is 1.25. The fraction of sp³-hybridized carbons (Fsp3) is 0.130. The van der Waals surface area contributed by atoms with E-state index in [2.05, 4.69) is 21.1 Å². The van der Waals surface area contributed by atoms with Crippen molar-refractivity contribution in [3.8, 4) is 33.8 Å². The summed E-state index contributed by atoms with van der Waals surface area (Å²) in [6.07, 6.45) is 2.88. The third-order valence-corrected chi connectivity index (χ3v) is 7.26. The number of carbonyl (C=O) groups is 1. The van der Waals surface area contributed by atoms with E-state index in [4.69, 9.17) is 17.3 Å². The van der Waals surface area contributed by atoms with E-state index < -0.39 is 12.0 Å². The molecule has 0 saturated carbocycles. The lowest BCUT2D eigenvalue weighted by Gasteiger charge is -2.11. The van der Waals surface area contributed by atoms with Crippen LogP contribution in [0.5, 0.6) is 0 Å². The highest BCUT2D eigenvalue weighted by atomic mass is 35.5. The van der Waals surface area contributed by atoms with E-state index in [1.54, 1.807) is 12.1 Å². The van der Waals surface area contributed by atoms with Gasteiger partial charge in [-0.2, -0.15) is 15.6 Å². The van der Waals surface area contributed by atoms with Gasteiger partial charge in [-0.15, -0.1) is 11.3 Å². The topological polar surface area (TPSA) is 154 Å². The summed E-state index contributed by atoms with van der Waals surface area (Å²) in [4.78, 5) is 20.3. The Morgan fingerprint density at radius 3 is 2.60 bits per heavy atom. The van der Waals surface area contributed by atoms with Crippen molar-refractivity contribution in [2.24, 2.45) is 0 Å². The predicted molar refractivity (Wildman–Crippen MR) is 134 cm³/mol. The number of pyridine rings is 1. The van der Waals surface area contributed by atoms with Gasteiger partial charge in [-0.05, 0) is 19.1 Å². The number of carboxylic acids is 1. The van der Waals surface area contributed by atoms with Crippen LogP contribution in [0, 0.1) is 22.7 Å². The van der Waals surface area contributed by atoms with Crippen molar-refractivity contribution in [2.75, 3.05) is 5.73 Å². The number of rotatable bonds is 7. The van der Waals surface area contributed by atoms with Crippen LogP contribution >= 0.6 is 34.7 Å². The Morgan fingerprint density at radius 1 is 1.23 bits per heavy atom. The lowest BCUT2D eigenvalue weighted by atomic mass is 9.99. The molecule has 0 amide bonds. The Kier molecular flexibility index (Phi) is 7.03. The number of aromatic nitrogens is 4. The minimum Gasteiger partial charge on any atom is -0.480 e. The summed E-state index contributed by atoms with van der Waals surface area (Å²) in [6.45, 7) is 1.48. The first kappa shape index (κ1) is 24.2. The van der Waals surface area contributed by atoms with Gasteiger partial charge in [0.2, 0.25) is 0 Å². The minimum absolute atomic E-state index is 0.0248. The fourth-order valence-electron chi connectivity index (χ4n) is 3.22. The predicted octanol–water partition coefficient (Wildman–Crippen LogP) is 4.99. The van der Waals surface area contributed by atoms with Gasteiger partial charge in [0, 0.05) is 39.0 Å². The maximum Gasteiger partial charge on any atom is 0.328 e. The van der Waals surface area contributed by atoms with Gasteiger partial charge in [-0.1, -0.05) is 35.5 Å². The molecule has 0 bridgehead atoms. The lowest BCUT2D eigenvalue weighted by Crippen LogP contribution is -2.15. The number of nitrogens with two attached hydrogens (primary N) is 1. The van der Waals surface area contributed by atoms with Crippen LogP contribution in [0.3, 0.4) is 0 Å². The zero-order valence-electron chi connectivity index (χ0n) is 18.1. The average Bonchev–Trinajstić information content (AvgIpc) is 3.52. The van der Waals surface area contributed by atoms with E-state index in [1.165, 1.54) is 47.1 Å². The molecular weight excluding hydrogens is 506 g/mol. The maximum atomic E-state index is 11.3. The molecular formula is C23H16ClN7O2S2. The second-order valence-electron chi connectivity index (χ2n) is 7.31. The molecule has 1 unspecified atom stereocenters. The zero-order valence-corrected chi connectivity index (χ0v) is 20.5. The van der Waals surface area contributed by atoms with Gasteiger partial charge in [0.05, 0.1) is 17.5 Å². The van der Waals surface area contributed by atoms with Gasteiger partial charge >= 0.3 is 5.97 Å². The number of halogens is 1. The first-order chi connectivity index (χ1) is 16.8. The maximum absolute atomic E-state index is 11.3. The van der Waals surface area contributed by atoms with E-state index in [0.29, 0.717) is 21.4 Å². The summed E-state index contributed by atoms with van der Waals surface area (Å²) in [5.74, 6) is -0.665. The molecule has 0 saturated heterocycles. The smallest absolute Gasteiger partial charge is 0.328 e. The monoisotopic (exact) mass is 521 g/mol. The standard InChI is InChI=1S/C23H16ClN7O2S2/c1-12(23(32)33)31-9-14(8-28-31)19-17(6-25)20(27)30-22(18(19)7-26)35-11-16-10-34-21(29-16)13-2-4-15(24)5-3-13/h2-5,8-10,12H,11H2,1H3,(H2,27,30)(H,32,33). The normalized spacial score (nSPS) is 11.5. The van der Waals surface area contributed by atoms with Crippen LogP contribution in [0.2, 0.25) is 5.02 Å². The van der Waals surface area contributed by atoms with E-state index in [9.17, 15) is 20.4 Å². The molecule has 9 nitrogen and oxygen atoms in total. The number of nitrogens with zero attached hydrogens (tertiary/aromatic N) is 6. The molecule has 0 aliphatic heterocycles. The van der Waals surface area contributed by atoms with Crippen LogP contribution in [-0.2, 0) is 10.5 Å². The largest absolute Gasteiger partial charge is 0.480 e. The zero-order chi connectivity index (χ0) is 25.1. The Balaban J connectivity index is 1.66. The van der Waals surface area contributed by atoms with Crippen molar-refractivity contribution in [1.82, 2.24) is 19.7 Å². The molecule has 3 aromatic heterocycles. The van der Waals surface area contributed by atoms with Gasteiger partial charge in [0.15, 0.2) is 0 Å². The second kappa shape index (κ2) is 10.2. The quantitative estimate of drug-likeness (QED) is 0.320. The molecule has 0 radical (unpaired) electrons. The van der Waals surface area contributed by atoms with Crippen molar-refractivity contribution in [1.29, 1.82) is 10.5 Å². The molecule has 1 atom stereocenters. The first-order valence-corrected chi connectivity index (χ1v) is 12.3. The summed E-state index contributed by atoms with van der Waals surface area (Å²) >= 11 is 8.72. The van der Waals surface area contributed by atoms with Crippen molar-refractivity contribution in [2.45, 2.75) is 23.7 Å². The average molecular weight is 522 g/mol. The van der Waals surface area contributed by atoms with Crippen LogP contribution in [0.15, 0.2) is 47.1 Å². The Hall–Kier alpha value is -3.90. The number of carboxylic acid groups (broad SMARTS) is 1. The molecule has 35 heavy (non-hydrogen) atoms. The molecule has 0 spiro atoms. The molecule has 0 aliphatic rings. The van der Waals surface area contributed by atoms with Crippen LogP contribution in [-0.4, -0.2) is 30.8 Å². The van der Waals surface area contributed by atoms with Crippen LogP contribution < -0.4 is 5.73 Å². The van der Waals surface area contributed by atoms with E-state index >= 15 is 0 Å². The van der Waals surface area contributed by atoms with Gasteiger partial charge in [0.1, 0.15) is 39.6 Å². The van der Waals surface area contributed by atoms with Gasteiger partial charge < -0.3 is 10.8 Å². The van der Waals surface area contributed by atoms with Crippen molar-refractivity contribution < 1.29 is 9.90 Å². The van der Waals surface area contributed by atoms with E-state index in [-0.39, 0.29) is 22.5 Å². The summed E-state index contributed by atoms with van der Waals surface area (Å²) in [6, 6.07) is 10.6. The van der Waals surface area contributed by atoms with Crippen LogP contribution in [0.1, 0.15) is 29.8 Å². The van der Waals surface area contributed by atoms with Crippen molar-refractivity contribution in [3.05, 3.63) is 63.9 Å². The number of benzene rings is 1. The molecule has 3 N–H and O–H groups in total. The second-order valence-corrected chi connectivity index (χ2v) is 9.57. The third-order valence-electron chi connectivity index (χ3n) is 5.06. The van der Waals surface area contributed by atoms with Gasteiger partial charge in [0.25, 0.3) is 0 Å². The number of hydrogen-bond acceptors (Lipinski definition) is 9. The van der Waals surface area contributed by atoms with Gasteiger partial charge in [-0.25, -0.2) is 14.8 Å². The Labute approximate surface area is 213 Å². The van der Waals surface area contributed by atoms with E-state index in [0.717, 1.165) is 16.3 Å². The van der Waals surface area contributed by atoms with Crippen molar-refractivity contribution >= 4 is 46.5 Å².